The zero-order valence-electron chi connectivity index (χ0n) is 11.9. The molecule has 6 heteroatoms. The van der Waals surface area contributed by atoms with Gasteiger partial charge in [-0.05, 0) is 5.92 Å². The van der Waals surface area contributed by atoms with Gasteiger partial charge in [0, 0.05) is 18.2 Å². The lowest BCUT2D eigenvalue weighted by molar-refractivity contribution is -0.135. The fraction of sp³-hybridized carbons (Fsp3) is 0.500. The molecule has 2 N–H and O–H groups in total. The minimum atomic E-state index is -0.260. The Labute approximate surface area is 117 Å². The third-order valence-electron chi connectivity index (χ3n) is 3.18. The highest BCUT2D eigenvalue weighted by molar-refractivity contribution is 5.79. The lowest BCUT2D eigenvalue weighted by atomic mass is 9.93. The zero-order chi connectivity index (χ0) is 14.7. The van der Waals surface area contributed by atoms with E-state index in [1.165, 1.54) is 7.11 Å². The molecule has 0 fully saturated rings. The smallest absolute Gasteiger partial charge is 0.311 e. The highest BCUT2D eigenvalue weighted by atomic mass is 16.6. The van der Waals surface area contributed by atoms with Crippen LogP contribution in [0.25, 0.3) is 0 Å². The molecule has 0 aromatic heterocycles. The van der Waals surface area contributed by atoms with Crippen LogP contribution in [0.1, 0.15) is 24.8 Å². The molecule has 1 unspecified atom stereocenters. The molecule has 0 amide bonds. The van der Waals surface area contributed by atoms with Crippen LogP contribution in [0.15, 0.2) is 6.07 Å². The van der Waals surface area contributed by atoms with Gasteiger partial charge in [-0.1, -0.05) is 6.92 Å². The van der Waals surface area contributed by atoms with Crippen LogP contribution in [0.3, 0.4) is 0 Å². The van der Waals surface area contributed by atoms with E-state index in [0.717, 1.165) is 5.56 Å². The molecule has 1 aromatic rings. The molecule has 0 saturated carbocycles. The van der Waals surface area contributed by atoms with Gasteiger partial charge in [0.15, 0.2) is 11.5 Å². The molecule has 1 heterocycles. The topological polar surface area (TPSA) is 80.0 Å². The summed E-state index contributed by atoms with van der Waals surface area (Å²) in [6.45, 7) is 2.68. The number of carbonyl (C=O) groups is 1. The molecule has 2 rings (SSSR count). The van der Waals surface area contributed by atoms with Gasteiger partial charge in [-0.25, -0.2) is 0 Å². The third-order valence-corrected chi connectivity index (χ3v) is 3.18. The monoisotopic (exact) mass is 281 g/mol. The molecule has 0 spiro atoms. The fourth-order valence-corrected chi connectivity index (χ4v) is 2.33. The van der Waals surface area contributed by atoms with E-state index < -0.39 is 0 Å². The highest BCUT2D eigenvalue weighted by Gasteiger charge is 2.31. The van der Waals surface area contributed by atoms with Crippen LogP contribution in [0.2, 0.25) is 0 Å². The van der Waals surface area contributed by atoms with E-state index in [1.54, 1.807) is 13.2 Å². The van der Waals surface area contributed by atoms with Gasteiger partial charge in [0.1, 0.15) is 12.4 Å². The van der Waals surface area contributed by atoms with Crippen LogP contribution in [-0.4, -0.2) is 33.3 Å². The number of hydrogen-bond acceptors (Lipinski definition) is 6. The first-order chi connectivity index (χ1) is 9.62. The van der Waals surface area contributed by atoms with Crippen LogP contribution in [0.4, 0.5) is 0 Å². The average Bonchev–Trinajstić information content (AvgIpc) is 2.43. The standard InChI is InChI=1S/C14H19NO5/c1-8-6-11(16)20-9-7-10(17-2)13(19-5-4-15)14(18-3)12(8)9/h7-8H,4-6,15H2,1-3H3. The number of benzene rings is 1. The average molecular weight is 281 g/mol. The van der Waals surface area contributed by atoms with E-state index in [1.807, 2.05) is 6.92 Å². The molecule has 0 radical (unpaired) electrons. The Kier molecular flexibility index (Phi) is 4.34. The molecule has 1 atom stereocenters. The molecule has 0 aliphatic carbocycles. The first-order valence-corrected chi connectivity index (χ1v) is 6.44. The summed E-state index contributed by atoms with van der Waals surface area (Å²) in [5.41, 5.74) is 6.29. The summed E-state index contributed by atoms with van der Waals surface area (Å²) >= 11 is 0. The van der Waals surface area contributed by atoms with E-state index in [9.17, 15) is 4.79 Å². The van der Waals surface area contributed by atoms with Crippen molar-refractivity contribution in [2.24, 2.45) is 5.73 Å². The normalized spacial score (nSPS) is 17.2. The highest BCUT2D eigenvalue weighted by Crippen LogP contribution is 2.50. The molecule has 1 aliphatic rings. The molecule has 110 valence electrons. The van der Waals surface area contributed by atoms with Crippen molar-refractivity contribution in [2.45, 2.75) is 19.3 Å². The van der Waals surface area contributed by atoms with Crippen LogP contribution in [0.5, 0.6) is 23.0 Å². The van der Waals surface area contributed by atoms with Crippen molar-refractivity contribution in [3.63, 3.8) is 0 Å². The van der Waals surface area contributed by atoms with Gasteiger partial charge in [0.2, 0.25) is 5.75 Å². The van der Waals surface area contributed by atoms with Crippen molar-refractivity contribution < 1.29 is 23.7 Å². The van der Waals surface area contributed by atoms with Crippen LogP contribution in [0, 0.1) is 0 Å². The molecule has 1 aromatic carbocycles. The fourth-order valence-electron chi connectivity index (χ4n) is 2.33. The summed E-state index contributed by atoms with van der Waals surface area (Å²) in [4.78, 5) is 11.5. The summed E-state index contributed by atoms with van der Waals surface area (Å²) in [7, 11) is 3.07. The molecule has 0 bridgehead atoms. The number of hydrogen-bond donors (Lipinski definition) is 1. The van der Waals surface area contributed by atoms with E-state index in [4.69, 9.17) is 24.7 Å². The Morgan fingerprint density at radius 3 is 2.70 bits per heavy atom. The molecule has 6 nitrogen and oxygen atoms in total. The molecule has 0 saturated heterocycles. The maximum absolute atomic E-state index is 11.5. The van der Waals surface area contributed by atoms with Crippen LogP contribution < -0.4 is 24.7 Å². The summed E-state index contributed by atoms with van der Waals surface area (Å²) in [6, 6.07) is 1.65. The predicted octanol–water partition coefficient (Wildman–Crippen LogP) is 1.45. The van der Waals surface area contributed by atoms with Gasteiger partial charge < -0.3 is 24.7 Å². The predicted molar refractivity (Wildman–Crippen MR) is 72.8 cm³/mol. The Morgan fingerprint density at radius 2 is 2.10 bits per heavy atom. The number of methoxy groups -OCH3 is 2. The van der Waals surface area contributed by atoms with Crippen molar-refractivity contribution in [3.05, 3.63) is 11.6 Å². The molecular formula is C14H19NO5. The van der Waals surface area contributed by atoms with Crippen molar-refractivity contribution >= 4 is 5.97 Å². The summed E-state index contributed by atoms with van der Waals surface area (Å²) in [6.07, 6.45) is 0.312. The van der Waals surface area contributed by atoms with Crippen LogP contribution >= 0.6 is 0 Å². The lowest BCUT2D eigenvalue weighted by Gasteiger charge is -2.26. The first-order valence-electron chi connectivity index (χ1n) is 6.44. The summed E-state index contributed by atoms with van der Waals surface area (Å²) in [5.74, 6) is 1.67. The largest absolute Gasteiger partial charge is 0.493 e. The second kappa shape index (κ2) is 6.00. The quantitative estimate of drug-likeness (QED) is 0.650. The maximum atomic E-state index is 11.5. The Bertz CT molecular complexity index is 515. The number of esters is 1. The number of ether oxygens (including phenoxy) is 4. The zero-order valence-corrected chi connectivity index (χ0v) is 11.9. The SMILES string of the molecule is COc1cc2c(c(OC)c1OCCN)C(C)CC(=O)O2. The number of carbonyl (C=O) groups excluding carboxylic acids is 1. The van der Waals surface area contributed by atoms with Gasteiger partial charge in [-0.2, -0.15) is 0 Å². The maximum Gasteiger partial charge on any atom is 0.311 e. The second-order valence-electron chi connectivity index (χ2n) is 4.57. The Balaban J connectivity index is 2.57. The van der Waals surface area contributed by atoms with Crippen molar-refractivity contribution in [1.29, 1.82) is 0 Å². The van der Waals surface area contributed by atoms with Gasteiger partial charge >= 0.3 is 5.97 Å². The number of rotatable bonds is 5. The molecular weight excluding hydrogens is 262 g/mol. The van der Waals surface area contributed by atoms with Crippen LogP contribution in [-0.2, 0) is 4.79 Å². The minimum Gasteiger partial charge on any atom is -0.493 e. The van der Waals surface area contributed by atoms with E-state index in [-0.39, 0.29) is 11.9 Å². The van der Waals surface area contributed by atoms with Gasteiger partial charge in [-0.3, -0.25) is 4.79 Å². The Morgan fingerprint density at radius 1 is 1.35 bits per heavy atom. The van der Waals surface area contributed by atoms with Crippen molar-refractivity contribution in [2.75, 3.05) is 27.4 Å². The lowest BCUT2D eigenvalue weighted by Crippen LogP contribution is -2.20. The van der Waals surface area contributed by atoms with Crippen molar-refractivity contribution in [3.8, 4) is 23.0 Å². The van der Waals surface area contributed by atoms with Gasteiger partial charge in [0.25, 0.3) is 0 Å². The summed E-state index contributed by atoms with van der Waals surface area (Å²) in [5, 5.41) is 0. The number of fused-ring (bicyclic) bond motifs is 1. The third kappa shape index (κ3) is 2.51. The van der Waals surface area contributed by atoms with Gasteiger partial charge in [0.05, 0.1) is 20.6 Å². The van der Waals surface area contributed by atoms with Gasteiger partial charge in [-0.15, -0.1) is 0 Å². The van der Waals surface area contributed by atoms with E-state index in [0.29, 0.717) is 42.6 Å². The first kappa shape index (κ1) is 14.5. The Hall–Kier alpha value is -1.95. The molecule has 1 aliphatic heterocycles. The summed E-state index contributed by atoms with van der Waals surface area (Å²) < 4.78 is 21.6. The second-order valence-corrected chi connectivity index (χ2v) is 4.57. The van der Waals surface area contributed by atoms with E-state index >= 15 is 0 Å². The minimum absolute atomic E-state index is 0.00710. The number of nitrogens with two attached hydrogens (primary N) is 1. The molecule has 20 heavy (non-hydrogen) atoms. The van der Waals surface area contributed by atoms with E-state index in [2.05, 4.69) is 0 Å². The van der Waals surface area contributed by atoms with Crippen molar-refractivity contribution in [1.82, 2.24) is 0 Å².